The van der Waals surface area contributed by atoms with E-state index in [9.17, 15) is 8.42 Å². The Morgan fingerprint density at radius 3 is 1.84 bits per heavy atom. The molecule has 0 aliphatic rings. The lowest BCUT2D eigenvalue weighted by molar-refractivity contribution is 0.172. The highest BCUT2D eigenvalue weighted by molar-refractivity contribution is 7.85. The maximum atomic E-state index is 11.0. The van der Waals surface area contributed by atoms with E-state index in [0.717, 1.165) is 19.1 Å². The van der Waals surface area contributed by atoms with Crippen LogP contribution >= 0.6 is 0 Å². The number of rotatable bonds is 12. The standard InChI is InChI=1S/C15H32O3S/c1-5-6-7-8-9-10-11-12-13-15(2,3)14-18-19(4,16)17/h5-14H2,1-4H3. The van der Waals surface area contributed by atoms with Crippen molar-refractivity contribution < 1.29 is 12.6 Å². The van der Waals surface area contributed by atoms with Crippen LogP contribution in [0.5, 0.6) is 0 Å². The monoisotopic (exact) mass is 292 g/mol. The zero-order valence-corrected chi connectivity index (χ0v) is 14.0. The van der Waals surface area contributed by atoms with Crippen LogP contribution in [-0.2, 0) is 14.3 Å². The van der Waals surface area contributed by atoms with E-state index in [4.69, 9.17) is 4.18 Å². The van der Waals surface area contributed by atoms with Crippen molar-refractivity contribution in [1.29, 1.82) is 0 Å². The summed E-state index contributed by atoms with van der Waals surface area (Å²) in [6.45, 7) is 6.67. The molecule has 0 spiro atoms. The molecule has 0 atom stereocenters. The van der Waals surface area contributed by atoms with E-state index < -0.39 is 10.1 Å². The van der Waals surface area contributed by atoms with Gasteiger partial charge in [0.2, 0.25) is 0 Å². The Labute approximate surface area is 120 Å². The average Bonchev–Trinajstić information content (AvgIpc) is 2.29. The first-order valence-electron chi connectivity index (χ1n) is 7.61. The minimum Gasteiger partial charge on any atom is -0.270 e. The van der Waals surface area contributed by atoms with Gasteiger partial charge in [0.25, 0.3) is 10.1 Å². The molecule has 0 saturated carbocycles. The molecule has 0 aromatic carbocycles. The minimum absolute atomic E-state index is 0.0503. The van der Waals surface area contributed by atoms with Gasteiger partial charge in [-0.2, -0.15) is 8.42 Å². The van der Waals surface area contributed by atoms with E-state index >= 15 is 0 Å². The number of unbranched alkanes of at least 4 members (excludes halogenated alkanes) is 7. The second-order valence-electron chi connectivity index (χ2n) is 6.36. The van der Waals surface area contributed by atoms with Crippen molar-refractivity contribution >= 4 is 10.1 Å². The van der Waals surface area contributed by atoms with Crippen LogP contribution in [0.25, 0.3) is 0 Å². The molecule has 0 aromatic rings. The van der Waals surface area contributed by atoms with Crippen molar-refractivity contribution in [1.82, 2.24) is 0 Å². The summed E-state index contributed by atoms with van der Waals surface area (Å²) in [5.74, 6) is 0. The average molecular weight is 292 g/mol. The van der Waals surface area contributed by atoms with Gasteiger partial charge in [-0.3, -0.25) is 4.18 Å². The van der Waals surface area contributed by atoms with Crippen molar-refractivity contribution in [3.05, 3.63) is 0 Å². The Morgan fingerprint density at radius 1 is 0.895 bits per heavy atom. The molecule has 0 saturated heterocycles. The van der Waals surface area contributed by atoms with E-state index in [2.05, 4.69) is 20.8 Å². The van der Waals surface area contributed by atoms with Crippen LogP contribution in [0.4, 0.5) is 0 Å². The molecule has 0 N–H and O–H groups in total. The fourth-order valence-electron chi connectivity index (χ4n) is 2.08. The molecule has 4 heteroatoms. The van der Waals surface area contributed by atoms with Crippen LogP contribution in [-0.4, -0.2) is 21.3 Å². The quantitative estimate of drug-likeness (QED) is 0.392. The van der Waals surface area contributed by atoms with E-state index in [1.165, 1.54) is 44.9 Å². The third-order valence-electron chi connectivity index (χ3n) is 3.37. The van der Waals surface area contributed by atoms with Gasteiger partial charge in [0.05, 0.1) is 12.9 Å². The summed E-state index contributed by atoms with van der Waals surface area (Å²) in [6.07, 6.45) is 12.6. The zero-order chi connectivity index (χ0) is 14.8. The molecule has 0 aromatic heterocycles. The third kappa shape index (κ3) is 14.1. The summed E-state index contributed by atoms with van der Waals surface area (Å²) in [7, 11) is -3.31. The van der Waals surface area contributed by atoms with Gasteiger partial charge in [-0.25, -0.2) is 0 Å². The number of hydrogen-bond donors (Lipinski definition) is 0. The third-order valence-corrected chi connectivity index (χ3v) is 3.92. The number of hydrogen-bond acceptors (Lipinski definition) is 3. The largest absolute Gasteiger partial charge is 0.270 e. The smallest absolute Gasteiger partial charge is 0.264 e. The molecular formula is C15H32O3S. The Morgan fingerprint density at radius 2 is 1.37 bits per heavy atom. The highest BCUT2D eigenvalue weighted by Gasteiger charge is 2.20. The topological polar surface area (TPSA) is 43.4 Å². The Kier molecular flexibility index (Phi) is 9.71. The van der Waals surface area contributed by atoms with Crippen molar-refractivity contribution in [3.8, 4) is 0 Å². The van der Waals surface area contributed by atoms with Crippen molar-refractivity contribution in [3.63, 3.8) is 0 Å². The molecule has 0 aliphatic heterocycles. The van der Waals surface area contributed by atoms with E-state index in [0.29, 0.717) is 6.61 Å². The lowest BCUT2D eigenvalue weighted by atomic mass is 9.88. The summed E-state index contributed by atoms with van der Waals surface area (Å²) in [5.41, 5.74) is -0.0503. The summed E-state index contributed by atoms with van der Waals surface area (Å²) < 4.78 is 26.8. The molecule has 3 nitrogen and oxygen atoms in total. The molecule has 19 heavy (non-hydrogen) atoms. The zero-order valence-electron chi connectivity index (χ0n) is 13.2. The van der Waals surface area contributed by atoms with Gasteiger partial charge in [-0.1, -0.05) is 72.1 Å². The lowest BCUT2D eigenvalue weighted by Gasteiger charge is -2.23. The molecule has 0 aliphatic carbocycles. The second kappa shape index (κ2) is 9.76. The van der Waals surface area contributed by atoms with Crippen LogP contribution < -0.4 is 0 Å². The summed E-state index contributed by atoms with van der Waals surface area (Å²) in [5, 5.41) is 0. The maximum absolute atomic E-state index is 11.0. The van der Waals surface area contributed by atoms with Crippen LogP contribution in [0.1, 0.15) is 78.6 Å². The fourth-order valence-corrected chi connectivity index (χ4v) is 2.61. The molecule has 0 rings (SSSR count). The first-order valence-corrected chi connectivity index (χ1v) is 9.43. The molecule has 0 unspecified atom stereocenters. The molecule has 0 amide bonds. The minimum atomic E-state index is -3.31. The molecule has 0 radical (unpaired) electrons. The van der Waals surface area contributed by atoms with E-state index in [1.807, 2.05) is 0 Å². The highest BCUT2D eigenvalue weighted by Crippen LogP contribution is 2.25. The Hall–Kier alpha value is -0.0900. The van der Waals surface area contributed by atoms with Gasteiger partial charge in [0.15, 0.2) is 0 Å². The molecular weight excluding hydrogens is 260 g/mol. The summed E-state index contributed by atoms with van der Waals surface area (Å²) in [6, 6.07) is 0. The van der Waals surface area contributed by atoms with Crippen molar-refractivity contribution in [2.75, 3.05) is 12.9 Å². The van der Waals surface area contributed by atoms with Gasteiger partial charge < -0.3 is 0 Å². The van der Waals surface area contributed by atoms with Gasteiger partial charge in [0, 0.05) is 0 Å². The van der Waals surface area contributed by atoms with Gasteiger partial charge in [-0.15, -0.1) is 0 Å². The molecule has 0 fully saturated rings. The molecule has 116 valence electrons. The first kappa shape index (κ1) is 18.9. The van der Waals surface area contributed by atoms with Crippen LogP contribution in [0.2, 0.25) is 0 Å². The fraction of sp³-hybridized carbons (Fsp3) is 1.00. The van der Waals surface area contributed by atoms with E-state index in [1.54, 1.807) is 0 Å². The Bertz CT molecular complexity index is 307. The SMILES string of the molecule is CCCCCCCCCCC(C)(C)COS(C)(=O)=O. The van der Waals surface area contributed by atoms with Crippen LogP contribution in [0, 0.1) is 5.41 Å². The normalized spacial score (nSPS) is 12.8. The van der Waals surface area contributed by atoms with Crippen LogP contribution in [0.3, 0.4) is 0 Å². The van der Waals surface area contributed by atoms with E-state index in [-0.39, 0.29) is 5.41 Å². The van der Waals surface area contributed by atoms with Gasteiger partial charge in [-0.05, 0) is 11.8 Å². The van der Waals surface area contributed by atoms with Crippen LogP contribution in [0.15, 0.2) is 0 Å². The first-order chi connectivity index (χ1) is 8.77. The van der Waals surface area contributed by atoms with Gasteiger partial charge in [0.1, 0.15) is 0 Å². The summed E-state index contributed by atoms with van der Waals surface area (Å²) >= 11 is 0. The highest BCUT2D eigenvalue weighted by atomic mass is 32.2. The predicted octanol–water partition coefficient (Wildman–Crippen LogP) is 4.52. The Balaban J connectivity index is 3.53. The molecule has 0 heterocycles. The lowest BCUT2D eigenvalue weighted by Crippen LogP contribution is -2.21. The predicted molar refractivity (Wildman–Crippen MR) is 81.8 cm³/mol. The van der Waals surface area contributed by atoms with Gasteiger partial charge >= 0.3 is 0 Å². The maximum Gasteiger partial charge on any atom is 0.264 e. The van der Waals surface area contributed by atoms with Crippen molar-refractivity contribution in [2.24, 2.45) is 5.41 Å². The van der Waals surface area contributed by atoms with Crippen molar-refractivity contribution in [2.45, 2.75) is 78.6 Å². The summed E-state index contributed by atoms with van der Waals surface area (Å²) in [4.78, 5) is 0. The molecule has 0 bridgehead atoms. The second-order valence-corrected chi connectivity index (χ2v) is 8.00.